The van der Waals surface area contributed by atoms with Gasteiger partial charge < -0.3 is 14.4 Å². The second-order valence-electron chi connectivity index (χ2n) is 3.81. The average molecular weight is 252 g/mol. The molecule has 1 heterocycles. The van der Waals surface area contributed by atoms with Crippen molar-refractivity contribution in [3.8, 4) is 5.75 Å². The van der Waals surface area contributed by atoms with Crippen molar-refractivity contribution in [2.45, 2.75) is 13.2 Å². The highest BCUT2D eigenvalue weighted by Gasteiger charge is 2.05. The zero-order valence-corrected chi connectivity index (χ0v) is 10.3. The first kappa shape index (κ1) is 12.0. The van der Waals surface area contributed by atoms with Crippen LogP contribution in [0, 0.1) is 0 Å². The first-order valence-corrected chi connectivity index (χ1v) is 5.68. The molecule has 0 saturated carbocycles. The van der Waals surface area contributed by atoms with Crippen LogP contribution in [-0.4, -0.2) is 16.8 Å². The van der Waals surface area contributed by atoms with Crippen molar-refractivity contribution in [1.29, 1.82) is 0 Å². The molecule has 2 aromatic rings. The van der Waals surface area contributed by atoms with Crippen LogP contribution in [0.1, 0.15) is 11.1 Å². The Morgan fingerprint density at radius 2 is 2.18 bits per heavy atom. The second kappa shape index (κ2) is 5.25. The minimum absolute atomic E-state index is 0.0552. The lowest BCUT2D eigenvalue weighted by Crippen LogP contribution is -1.99. The molecular weight excluding hydrogens is 238 g/mol. The van der Waals surface area contributed by atoms with Gasteiger partial charge in [-0.05, 0) is 29.8 Å². The van der Waals surface area contributed by atoms with Gasteiger partial charge in [-0.25, -0.2) is 0 Å². The fourth-order valence-corrected chi connectivity index (χ4v) is 1.94. The molecule has 17 heavy (non-hydrogen) atoms. The Bertz CT molecular complexity index is 508. The van der Waals surface area contributed by atoms with Gasteiger partial charge in [0.2, 0.25) is 0 Å². The van der Waals surface area contributed by atoms with Crippen LogP contribution in [0.15, 0.2) is 36.7 Å². The third-order valence-corrected chi connectivity index (χ3v) is 2.82. The number of benzene rings is 1. The summed E-state index contributed by atoms with van der Waals surface area (Å²) < 4.78 is 7.27. The predicted octanol–water partition coefficient (Wildman–Crippen LogP) is 2.69. The van der Waals surface area contributed by atoms with Crippen molar-refractivity contribution < 1.29 is 9.84 Å². The summed E-state index contributed by atoms with van der Waals surface area (Å²) in [5.41, 5.74) is 1.91. The Kier molecular flexibility index (Phi) is 3.71. The Labute approximate surface area is 105 Å². The number of aromatic nitrogens is 1. The molecule has 4 heteroatoms. The highest BCUT2D eigenvalue weighted by atomic mass is 35.5. The van der Waals surface area contributed by atoms with Crippen molar-refractivity contribution in [2.24, 2.45) is 0 Å². The second-order valence-corrected chi connectivity index (χ2v) is 4.24. The highest BCUT2D eigenvalue weighted by Crippen LogP contribution is 2.23. The van der Waals surface area contributed by atoms with Gasteiger partial charge >= 0.3 is 0 Å². The van der Waals surface area contributed by atoms with E-state index in [4.69, 9.17) is 21.4 Å². The summed E-state index contributed by atoms with van der Waals surface area (Å²) in [7, 11) is 1.64. The molecule has 90 valence electrons. The molecule has 0 fully saturated rings. The zero-order chi connectivity index (χ0) is 12.3. The van der Waals surface area contributed by atoms with E-state index in [1.165, 1.54) is 0 Å². The molecule has 1 aromatic carbocycles. The number of halogens is 1. The van der Waals surface area contributed by atoms with Gasteiger partial charge in [-0.2, -0.15) is 0 Å². The van der Waals surface area contributed by atoms with E-state index >= 15 is 0 Å². The van der Waals surface area contributed by atoms with E-state index in [-0.39, 0.29) is 6.61 Å². The number of methoxy groups -OCH3 is 1. The number of ether oxygens (including phenoxy) is 1. The summed E-state index contributed by atoms with van der Waals surface area (Å²) in [6, 6.07) is 7.43. The van der Waals surface area contributed by atoms with Crippen molar-refractivity contribution in [3.05, 3.63) is 52.8 Å². The van der Waals surface area contributed by atoms with Crippen LogP contribution in [0.3, 0.4) is 0 Å². The summed E-state index contributed by atoms with van der Waals surface area (Å²) in [5.74, 6) is 0.814. The molecule has 3 nitrogen and oxygen atoms in total. The van der Waals surface area contributed by atoms with Gasteiger partial charge in [0.15, 0.2) is 0 Å². The number of hydrogen-bond donors (Lipinski definition) is 1. The molecule has 0 aliphatic rings. The minimum atomic E-state index is 0.0552. The molecule has 0 saturated heterocycles. The van der Waals surface area contributed by atoms with E-state index in [9.17, 15) is 0 Å². The summed E-state index contributed by atoms with van der Waals surface area (Å²) in [4.78, 5) is 0. The van der Waals surface area contributed by atoms with E-state index in [1.807, 2.05) is 35.2 Å². The molecule has 0 unspecified atom stereocenters. The quantitative estimate of drug-likeness (QED) is 0.907. The molecule has 0 bridgehead atoms. The minimum Gasteiger partial charge on any atom is -0.496 e. The number of aliphatic hydroxyl groups is 1. The lowest BCUT2D eigenvalue weighted by molar-refractivity contribution is 0.282. The van der Waals surface area contributed by atoms with Gasteiger partial charge in [0.1, 0.15) is 5.75 Å². The van der Waals surface area contributed by atoms with E-state index in [1.54, 1.807) is 13.2 Å². The third-order valence-electron chi connectivity index (χ3n) is 2.59. The fraction of sp³-hybridized carbons (Fsp3) is 0.231. The summed E-state index contributed by atoms with van der Waals surface area (Å²) in [6.07, 6.45) is 3.83. The number of hydrogen-bond acceptors (Lipinski definition) is 2. The van der Waals surface area contributed by atoms with Crippen molar-refractivity contribution in [1.82, 2.24) is 4.57 Å². The monoisotopic (exact) mass is 251 g/mol. The molecule has 0 spiro atoms. The van der Waals surface area contributed by atoms with Crippen LogP contribution in [0.5, 0.6) is 5.75 Å². The predicted molar refractivity (Wildman–Crippen MR) is 67.5 cm³/mol. The summed E-state index contributed by atoms with van der Waals surface area (Å²) >= 11 is 5.97. The lowest BCUT2D eigenvalue weighted by Gasteiger charge is -2.09. The maximum absolute atomic E-state index is 9.00. The van der Waals surface area contributed by atoms with Crippen LogP contribution < -0.4 is 4.74 Å². The standard InChI is InChI=1S/C13H14ClNO2/c1-17-13-3-2-12(14)6-11(13)8-15-5-4-10(7-15)9-16/h2-7,16H,8-9H2,1H3. The molecule has 1 aromatic heterocycles. The van der Waals surface area contributed by atoms with Crippen LogP contribution in [0.2, 0.25) is 5.02 Å². The Morgan fingerprint density at radius 1 is 1.35 bits per heavy atom. The SMILES string of the molecule is COc1ccc(Cl)cc1Cn1ccc(CO)c1. The Balaban J connectivity index is 2.25. The van der Waals surface area contributed by atoms with Gasteiger partial charge in [-0.1, -0.05) is 11.6 Å². The van der Waals surface area contributed by atoms with Crippen LogP contribution in [0.4, 0.5) is 0 Å². The first-order valence-electron chi connectivity index (χ1n) is 5.31. The van der Waals surface area contributed by atoms with Crippen LogP contribution in [0.25, 0.3) is 0 Å². The molecule has 0 aliphatic carbocycles. The van der Waals surface area contributed by atoms with E-state index in [2.05, 4.69) is 0 Å². The Morgan fingerprint density at radius 3 is 2.82 bits per heavy atom. The van der Waals surface area contributed by atoms with Crippen molar-refractivity contribution in [2.75, 3.05) is 7.11 Å². The maximum atomic E-state index is 9.00. The molecule has 1 N–H and O–H groups in total. The molecular formula is C13H14ClNO2. The van der Waals surface area contributed by atoms with Gasteiger partial charge in [0.25, 0.3) is 0 Å². The Hall–Kier alpha value is -1.45. The molecule has 0 aliphatic heterocycles. The average Bonchev–Trinajstić information content (AvgIpc) is 2.77. The highest BCUT2D eigenvalue weighted by molar-refractivity contribution is 6.30. The van der Waals surface area contributed by atoms with E-state index in [0.29, 0.717) is 11.6 Å². The van der Waals surface area contributed by atoms with Crippen LogP contribution >= 0.6 is 11.6 Å². The van der Waals surface area contributed by atoms with Gasteiger partial charge in [0, 0.05) is 23.0 Å². The molecule has 0 amide bonds. The van der Waals surface area contributed by atoms with Gasteiger partial charge in [-0.15, -0.1) is 0 Å². The molecule has 0 radical (unpaired) electrons. The van der Waals surface area contributed by atoms with Gasteiger partial charge in [0.05, 0.1) is 20.3 Å². The number of nitrogens with zero attached hydrogens (tertiary/aromatic N) is 1. The first-order chi connectivity index (χ1) is 8.22. The van der Waals surface area contributed by atoms with Gasteiger partial charge in [-0.3, -0.25) is 0 Å². The van der Waals surface area contributed by atoms with Crippen molar-refractivity contribution >= 4 is 11.6 Å². The topological polar surface area (TPSA) is 34.4 Å². The third kappa shape index (κ3) is 2.81. The summed E-state index contributed by atoms with van der Waals surface area (Å²) in [6.45, 7) is 0.726. The normalized spacial score (nSPS) is 10.5. The fourth-order valence-electron chi connectivity index (χ4n) is 1.75. The molecule has 2 rings (SSSR count). The maximum Gasteiger partial charge on any atom is 0.123 e. The molecule has 0 atom stereocenters. The summed E-state index contributed by atoms with van der Waals surface area (Å²) in [5, 5.41) is 9.69. The van der Waals surface area contributed by atoms with Crippen LogP contribution in [-0.2, 0) is 13.2 Å². The number of aliphatic hydroxyl groups excluding tert-OH is 1. The lowest BCUT2D eigenvalue weighted by atomic mass is 10.2. The zero-order valence-electron chi connectivity index (χ0n) is 9.56. The van der Waals surface area contributed by atoms with E-state index in [0.717, 1.165) is 16.9 Å². The smallest absolute Gasteiger partial charge is 0.123 e. The number of rotatable bonds is 4. The van der Waals surface area contributed by atoms with E-state index < -0.39 is 0 Å². The van der Waals surface area contributed by atoms with Crippen molar-refractivity contribution in [3.63, 3.8) is 0 Å². The largest absolute Gasteiger partial charge is 0.496 e.